The van der Waals surface area contributed by atoms with E-state index in [2.05, 4.69) is 5.32 Å². The second-order valence-corrected chi connectivity index (χ2v) is 6.97. The molecule has 1 aromatic carbocycles. The summed E-state index contributed by atoms with van der Waals surface area (Å²) < 4.78 is 15.2. The smallest absolute Gasteiger partial charge is 0.350 e. The molecule has 0 fully saturated rings. The molecule has 3 rings (SSSR count). The quantitative estimate of drug-likeness (QED) is 0.502. The first-order valence-electron chi connectivity index (χ1n) is 8.50. The van der Waals surface area contributed by atoms with Crippen LogP contribution in [-0.2, 0) is 16.0 Å². The highest BCUT2D eigenvalue weighted by Gasteiger charge is 2.17. The van der Waals surface area contributed by atoms with E-state index in [0.29, 0.717) is 27.5 Å². The normalized spacial score (nSPS) is 10.7. The Hall–Kier alpha value is -3.13. The van der Waals surface area contributed by atoms with Crippen LogP contribution in [0.1, 0.15) is 27.2 Å². The molecule has 0 saturated heterocycles. The number of carbonyl (C=O) groups excluding carboxylic acids is 2. The third-order valence-electron chi connectivity index (χ3n) is 4.41. The van der Waals surface area contributed by atoms with Crippen molar-refractivity contribution in [1.29, 1.82) is 0 Å². The van der Waals surface area contributed by atoms with Gasteiger partial charge < -0.3 is 19.2 Å². The molecule has 0 unspecified atom stereocenters. The first kappa shape index (κ1) is 19.6. The Balaban J connectivity index is 1.76. The summed E-state index contributed by atoms with van der Waals surface area (Å²) in [6.07, 6.45) is 0.295. The lowest BCUT2D eigenvalue weighted by Gasteiger charge is -2.09. The predicted molar refractivity (Wildman–Crippen MR) is 106 cm³/mol. The standard InChI is InChI=1S/C20H19NO6S/c1-11-13-5-4-12(25-2)10-16(13)27-19(23)14(11)6-7-17(22)21-15-8-9-28-18(15)20(24)26-3/h4-5,8-10H,6-7H2,1-3H3,(H,21,22). The number of carbonyl (C=O) groups is 2. The van der Waals surface area contributed by atoms with Crippen LogP contribution < -0.4 is 15.7 Å². The maximum Gasteiger partial charge on any atom is 0.350 e. The van der Waals surface area contributed by atoms with Crippen LogP contribution in [0.5, 0.6) is 5.75 Å². The summed E-state index contributed by atoms with van der Waals surface area (Å²) in [5, 5.41) is 5.17. The van der Waals surface area contributed by atoms with Crippen LogP contribution in [0.15, 0.2) is 38.9 Å². The van der Waals surface area contributed by atoms with Crippen molar-refractivity contribution in [1.82, 2.24) is 0 Å². The van der Waals surface area contributed by atoms with E-state index in [4.69, 9.17) is 13.9 Å². The first-order valence-corrected chi connectivity index (χ1v) is 9.38. The molecule has 3 aromatic rings. The van der Waals surface area contributed by atoms with Crippen molar-refractivity contribution in [3.63, 3.8) is 0 Å². The summed E-state index contributed by atoms with van der Waals surface area (Å²) in [4.78, 5) is 36.7. The van der Waals surface area contributed by atoms with Gasteiger partial charge in [0.25, 0.3) is 0 Å². The number of rotatable bonds is 6. The number of nitrogens with one attached hydrogen (secondary N) is 1. The van der Waals surface area contributed by atoms with Gasteiger partial charge in [-0.05, 0) is 42.5 Å². The zero-order valence-corrected chi connectivity index (χ0v) is 16.5. The van der Waals surface area contributed by atoms with E-state index in [0.717, 1.165) is 10.9 Å². The maximum atomic E-state index is 12.4. The number of hydrogen-bond acceptors (Lipinski definition) is 7. The molecule has 8 heteroatoms. The largest absolute Gasteiger partial charge is 0.497 e. The van der Waals surface area contributed by atoms with Gasteiger partial charge >= 0.3 is 11.6 Å². The minimum atomic E-state index is -0.508. The fourth-order valence-electron chi connectivity index (χ4n) is 2.90. The number of hydrogen-bond donors (Lipinski definition) is 1. The van der Waals surface area contributed by atoms with Gasteiger partial charge in [-0.3, -0.25) is 4.79 Å². The number of fused-ring (bicyclic) bond motifs is 1. The molecule has 0 atom stereocenters. The van der Waals surface area contributed by atoms with E-state index in [1.54, 1.807) is 23.6 Å². The minimum absolute atomic E-state index is 0.0731. The molecule has 0 saturated carbocycles. The van der Waals surface area contributed by atoms with Gasteiger partial charge in [-0.2, -0.15) is 0 Å². The molecule has 0 aliphatic carbocycles. The van der Waals surface area contributed by atoms with Crippen molar-refractivity contribution in [2.24, 2.45) is 0 Å². The van der Waals surface area contributed by atoms with Crippen LogP contribution >= 0.6 is 11.3 Å². The lowest BCUT2D eigenvalue weighted by molar-refractivity contribution is -0.116. The fourth-order valence-corrected chi connectivity index (χ4v) is 3.67. The van der Waals surface area contributed by atoms with Crippen LogP contribution in [0.2, 0.25) is 0 Å². The van der Waals surface area contributed by atoms with E-state index in [1.807, 2.05) is 13.0 Å². The fraction of sp³-hybridized carbons (Fsp3) is 0.250. The van der Waals surface area contributed by atoms with Gasteiger partial charge in [0.2, 0.25) is 5.91 Å². The molecule has 2 aromatic heterocycles. The Morgan fingerprint density at radius 1 is 1.21 bits per heavy atom. The third kappa shape index (κ3) is 3.91. The number of aryl methyl sites for hydroxylation is 1. The molecule has 0 radical (unpaired) electrons. The third-order valence-corrected chi connectivity index (χ3v) is 5.30. The van der Waals surface area contributed by atoms with Crippen molar-refractivity contribution < 1.29 is 23.5 Å². The molecule has 7 nitrogen and oxygen atoms in total. The van der Waals surface area contributed by atoms with Crippen molar-refractivity contribution in [2.75, 3.05) is 19.5 Å². The molecule has 0 spiro atoms. The Morgan fingerprint density at radius 2 is 2.00 bits per heavy atom. The van der Waals surface area contributed by atoms with Crippen LogP contribution in [-0.4, -0.2) is 26.1 Å². The number of ether oxygens (including phenoxy) is 2. The lowest BCUT2D eigenvalue weighted by Crippen LogP contribution is -2.17. The lowest BCUT2D eigenvalue weighted by atomic mass is 10.0. The summed E-state index contributed by atoms with van der Waals surface area (Å²) in [6.45, 7) is 1.83. The zero-order chi connectivity index (χ0) is 20.3. The number of anilines is 1. The van der Waals surface area contributed by atoms with Crippen molar-refractivity contribution in [3.05, 3.63) is 56.1 Å². The molecule has 2 heterocycles. The van der Waals surface area contributed by atoms with E-state index in [1.165, 1.54) is 25.6 Å². The molecule has 0 aliphatic heterocycles. The average molecular weight is 401 g/mol. The van der Waals surface area contributed by atoms with Gasteiger partial charge in [0.05, 0.1) is 19.9 Å². The second-order valence-electron chi connectivity index (χ2n) is 6.06. The SMILES string of the molecule is COC(=O)c1sccc1NC(=O)CCc1c(C)c2ccc(OC)cc2oc1=O. The van der Waals surface area contributed by atoms with Gasteiger partial charge in [0, 0.05) is 23.4 Å². The Labute approximate surface area is 164 Å². The number of amides is 1. The van der Waals surface area contributed by atoms with Crippen LogP contribution in [0, 0.1) is 6.92 Å². The molecule has 1 N–H and O–H groups in total. The van der Waals surface area contributed by atoms with Gasteiger partial charge in [0.1, 0.15) is 16.2 Å². The molecular formula is C20H19NO6S. The van der Waals surface area contributed by atoms with Crippen LogP contribution in [0.25, 0.3) is 11.0 Å². The Kier molecular flexibility index (Phi) is 5.79. The number of esters is 1. The van der Waals surface area contributed by atoms with Gasteiger partial charge in [0.15, 0.2) is 0 Å². The zero-order valence-electron chi connectivity index (χ0n) is 15.7. The topological polar surface area (TPSA) is 94.8 Å². The summed E-state index contributed by atoms with van der Waals surface area (Å²) in [6, 6.07) is 6.91. The summed E-state index contributed by atoms with van der Waals surface area (Å²) in [5.74, 6) is -0.219. The minimum Gasteiger partial charge on any atom is -0.497 e. The van der Waals surface area contributed by atoms with E-state index in [-0.39, 0.29) is 18.7 Å². The van der Waals surface area contributed by atoms with Gasteiger partial charge in [-0.25, -0.2) is 9.59 Å². The van der Waals surface area contributed by atoms with E-state index < -0.39 is 11.6 Å². The van der Waals surface area contributed by atoms with Crippen molar-refractivity contribution >= 4 is 39.9 Å². The predicted octanol–water partition coefficient (Wildman–Crippen LogP) is 3.53. The molecule has 0 bridgehead atoms. The number of methoxy groups -OCH3 is 2. The van der Waals surface area contributed by atoms with Crippen molar-refractivity contribution in [2.45, 2.75) is 19.8 Å². The molecule has 146 valence electrons. The maximum absolute atomic E-state index is 12.4. The number of benzene rings is 1. The van der Waals surface area contributed by atoms with E-state index in [9.17, 15) is 14.4 Å². The second kappa shape index (κ2) is 8.26. The molecule has 28 heavy (non-hydrogen) atoms. The highest BCUT2D eigenvalue weighted by molar-refractivity contribution is 7.12. The highest BCUT2D eigenvalue weighted by Crippen LogP contribution is 2.25. The summed E-state index contributed by atoms with van der Waals surface area (Å²) in [5.41, 5.74) is 1.59. The molecular weight excluding hydrogens is 382 g/mol. The Morgan fingerprint density at radius 3 is 2.71 bits per heavy atom. The van der Waals surface area contributed by atoms with Crippen LogP contribution in [0.3, 0.4) is 0 Å². The monoisotopic (exact) mass is 401 g/mol. The van der Waals surface area contributed by atoms with Gasteiger partial charge in [-0.15, -0.1) is 11.3 Å². The van der Waals surface area contributed by atoms with Crippen molar-refractivity contribution in [3.8, 4) is 5.75 Å². The highest BCUT2D eigenvalue weighted by atomic mass is 32.1. The van der Waals surface area contributed by atoms with E-state index >= 15 is 0 Å². The van der Waals surface area contributed by atoms with Gasteiger partial charge in [-0.1, -0.05) is 0 Å². The van der Waals surface area contributed by atoms with Crippen LogP contribution in [0.4, 0.5) is 5.69 Å². The summed E-state index contributed by atoms with van der Waals surface area (Å²) in [7, 11) is 2.82. The average Bonchev–Trinajstić information content (AvgIpc) is 3.14. The first-order chi connectivity index (χ1) is 13.4. The number of thiophene rings is 1. The Bertz CT molecular complexity index is 1100. The molecule has 1 amide bonds. The molecule has 0 aliphatic rings. The summed E-state index contributed by atoms with van der Waals surface area (Å²) >= 11 is 1.18.